The Balaban J connectivity index is 1.88. The van der Waals surface area contributed by atoms with E-state index in [4.69, 9.17) is 0 Å². The summed E-state index contributed by atoms with van der Waals surface area (Å²) < 4.78 is 0. The fourth-order valence-corrected chi connectivity index (χ4v) is 2.24. The van der Waals surface area contributed by atoms with Crippen molar-refractivity contribution in [1.82, 2.24) is 5.43 Å². The van der Waals surface area contributed by atoms with Gasteiger partial charge in [-0.05, 0) is 12.5 Å². The van der Waals surface area contributed by atoms with Crippen LogP contribution in [0.4, 0.5) is 0 Å². The third kappa shape index (κ3) is 6.50. The molecule has 2 heteroatoms. The Bertz CT molecular complexity index is 243. The van der Waals surface area contributed by atoms with Gasteiger partial charge in [-0.25, -0.2) is 0 Å². The summed E-state index contributed by atoms with van der Waals surface area (Å²) >= 11 is 0. The van der Waals surface area contributed by atoms with Crippen LogP contribution in [0.15, 0.2) is 17.4 Å². The van der Waals surface area contributed by atoms with Crippen molar-refractivity contribution in [2.24, 2.45) is 11.0 Å². The Morgan fingerprint density at radius 2 is 1.65 bits per heavy atom. The van der Waals surface area contributed by atoms with Crippen molar-refractivity contribution >= 4 is 5.71 Å². The van der Waals surface area contributed by atoms with Crippen molar-refractivity contribution in [2.75, 3.05) is 0 Å². The lowest BCUT2D eigenvalue weighted by atomic mass is 9.97. The molecule has 0 N–H and O–H groups in total. The van der Waals surface area contributed by atoms with Crippen LogP contribution >= 0.6 is 0 Å². The average molecular weight is 235 g/mol. The molecule has 1 aliphatic heterocycles. The van der Waals surface area contributed by atoms with Crippen molar-refractivity contribution in [1.29, 1.82) is 0 Å². The minimum absolute atomic E-state index is 0.581. The SMILES string of the molecule is CCCCCCCCCCC(C)C1=N[N]C=C1. The van der Waals surface area contributed by atoms with Gasteiger partial charge in [0, 0.05) is 5.92 Å². The Labute approximate surface area is 107 Å². The maximum Gasteiger partial charge on any atom is 0.0674 e. The topological polar surface area (TPSA) is 26.5 Å². The monoisotopic (exact) mass is 235 g/mol. The number of hydrogen-bond donors (Lipinski definition) is 0. The average Bonchev–Trinajstić information content (AvgIpc) is 2.86. The zero-order valence-corrected chi connectivity index (χ0v) is 11.5. The van der Waals surface area contributed by atoms with Crippen LogP contribution in [0, 0.1) is 5.92 Å². The minimum Gasteiger partial charge on any atom is -0.159 e. The van der Waals surface area contributed by atoms with E-state index in [9.17, 15) is 0 Å². The van der Waals surface area contributed by atoms with E-state index >= 15 is 0 Å². The van der Waals surface area contributed by atoms with Crippen molar-refractivity contribution in [2.45, 2.75) is 71.6 Å². The molecule has 1 heterocycles. The van der Waals surface area contributed by atoms with Crippen molar-refractivity contribution < 1.29 is 0 Å². The maximum atomic E-state index is 4.11. The molecule has 0 aromatic heterocycles. The zero-order valence-electron chi connectivity index (χ0n) is 11.5. The maximum absolute atomic E-state index is 4.11. The van der Waals surface area contributed by atoms with Crippen LogP contribution < -0.4 is 5.43 Å². The molecule has 1 atom stereocenters. The number of hydrogen-bond acceptors (Lipinski definition) is 1. The van der Waals surface area contributed by atoms with Crippen LogP contribution in [0.5, 0.6) is 0 Å². The second kappa shape index (κ2) is 9.26. The lowest BCUT2D eigenvalue weighted by Gasteiger charge is -2.08. The van der Waals surface area contributed by atoms with Gasteiger partial charge in [0.15, 0.2) is 0 Å². The molecule has 0 aromatic carbocycles. The van der Waals surface area contributed by atoms with Crippen LogP contribution in [0.25, 0.3) is 0 Å². The van der Waals surface area contributed by atoms with E-state index in [1.807, 2.05) is 6.08 Å². The first-order valence-corrected chi connectivity index (χ1v) is 7.29. The predicted octanol–water partition coefficient (Wildman–Crippen LogP) is 4.64. The summed E-state index contributed by atoms with van der Waals surface area (Å²) in [6, 6.07) is 0. The van der Waals surface area contributed by atoms with Crippen molar-refractivity contribution in [3.05, 3.63) is 12.3 Å². The number of unbranched alkanes of at least 4 members (excludes halogenated alkanes) is 7. The second-order valence-electron chi connectivity index (χ2n) is 5.12. The van der Waals surface area contributed by atoms with Gasteiger partial charge in [-0.1, -0.05) is 65.2 Å². The third-order valence-corrected chi connectivity index (χ3v) is 3.48. The van der Waals surface area contributed by atoms with E-state index in [-0.39, 0.29) is 0 Å². The van der Waals surface area contributed by atoms with E-state index in [2.05, 4.69) is 24.4 Å². The number of nitrogens with zero attached hydrogens (tertiary/aromatic N) is 2. The molecule has 0 amide bonds. The second-order valence-corrected chi connectivity index (χ2v) is 5.12. The minimum atomic E-state index is 0.581. The lowest BCUT2D eigenvalue weighted by Crippen LogP contribution is -2.06. The van der Waals surface area contributed by atoms with E-state index in [1.54, 1.807) is 6.20 Å². The highest BCUT2D eigenvalue weighted by atomic mass is 15.3. The smallest absolute Gasteiger partial charge is 0.0674 e. The van der Waals surface area contributed by atoms with Crippen LogP contribution in [-0.2, 0) is 0 Å². The van der Waals surface area contributed by atoms with Gasteiger partial charge in [0.25, 0.3) is 0 Å². The molecule has 1 unspecified atom stereocenters. The molecule has 0 bridgehead atoms. The fraction of sp³-hybridized carbons (Fsp3) is 0.800. The highest BCUT2D eigenvalue weighted by Crippen LogP contribution is 2.15. The molecule has 0 spiro atoms. The standard InChI is InChI=1S/C15H27N2/c1-3-4-5-6-7-8-9-10-11-14(2)15-12-13-16-17-15/h12-14H,3-11H2,1-2H3. The van der Waals surface area contributed by atoms with Crippen LogP contribution in [0.3, 0.4) is 0 Å². The quantitative estimate of drug-likeness (QED) is 0.493. The van der Waals surface area contributed by atoms with Gasteiger partial charge in [0.1, 0.15) is 0 Å². The normalized spacial score (nSPS) is 15.8. The van der Waals surface area contributed by atoms with Gasteiger partial charge in [-0.3, -0.25) is 0 Å². The van der Waals surface area contributed by atoms with Gasteiger partial charge in [0.2, 0.25) is 0 Å². The summed E-state index contributed by atoms with van der Waals surface area (Å²) in [7, 11) is 0. The molecule has 1 aliphatic rings. The summed E-state index contributed by atoms with van der Waals surface area (Å²) in [5.74, 6) is 0.581. The van der Waals surface area contributed by atoms with Gasteiger partial charge < -0.3 is 0 Å². The molecule has 17 heavy (non-hydrogen) atoms. The van der Waals surface area contributed by atoms with Crippen LogP contribution in [-0.4, -0.2) is 5.71 Å². The molecule has 97 valence electrons. The lowest BCUT2D eigenvalue weighted by molar-refractivity contribution is 0.543. The first-order valence-electron chi connectivity index (χ1n) is 7.29. The van der Waals surface area contributed by atoms with Crippen LogP contribution in [0.2, 0.25) is 0 Å². The molecule has 0 fully saturated rings. The highest BCUT2D eigenvalue weighted by molar-refractivity contribution is 5.97. The Hall–Kier alpha value is -0.790. The van der Waals surface area contributed by atoms with Gasteiger partial charge in [0.05, 0.1) is 11.9 Å². The van der Waals surface area contributed by atoms with E-state index < -0.39 is 0 Å². The third-order valence-electron chi connectivity index (χ3n) is 3.48. The van der Waals surface area contributed by atoms with Crippen molar-refractivity contribution in [3.63, 3.8) is 0 Å². The summed E-state index contributed by atoms with van der Waals surface area (Å²) in [5, 5.41) is 4.11. The molecule has 1 rings (SSSR count). The first kappa shape index (κ1) is 14.3. The highest BCUT2D eigenvalue weighted by Gasteiger charge is 2.10. The molecule has 1 radical (unpaired) electrons. The largest absolute Gasteiger partial charge is 0.159 e. The fourth-order valence-electron chi connectivity index (χ4n) is 2.24. The summed E-state index contributed by atoms with van der Waals surface area (Å²) in [6.45, 7) is 4.53. The van der Waals surface area contributed by atoms with E-state index in [0.717, 1.165) is 5.71 Å². The predicted molar refractivity (Wildman–Crippen MR) is 75.1 cm³/mol. The van der Waals surface area contributed by atoms with E-state index in [1.165, 1.54) is 57.8 Å². The molecule has 0 saturated carbocycles. The van der Waals surface area contributed by atoms with Gasteiger partial charge in [-0.15, -0.1) is 0 Å². The van der Waals surface area contributed by atoms with Crippen LogP contribution in [0.1, 0.15) is 71.6 Å². The molecule has 2 nitrogen and oxygen atoms in total. The molecular formula is C15H27N2. The molecule has 0 aliphatic carbocycles. The Morgan fingerprint density at radius 1 is 1.00 bits per heavy atom. The van der Waals surface area contributed by atoms with E-state index in [0.29, 0.717) is 5.92 Å². The molecule has 0 saturated heterocycles. The van der Waals surface area contributed by atoms with Crippen molar-refractivity contribution in [3.8, 4) is 0 Å². The number of rotatable bonds is 10. The molecular weight excluding hydrogens is 208 g/mol. The first-order chi connectivity index (χ1) is 8.34. The summed E-state index contributed by atoms with van der Waals surface area (Å²) in [6.07, 6.45) is 16.2. The van der Waals surface area contributed by atoms with Gasteiger partial charge >= 0.3 is 0 Å². The Morgan fingerprint density at radius 3 is 2.24 bits per heavy atom. The summed E-state index contributed by atoms with van der Waals surface area (Å²) in [4.78, 5) is 0. The van der Waals surface area contributed by atoms with Gasteiger partial charge in [-0.2, -0.15) is 10.5 Å². The summed E-state index contributed by atoms with van der Waals surface area (Å²) in [5.41, 5.74) is 5.04. The number of allylic oxidation sites excluding steroid dienone is 1. The Kier molecular flexibility index (Phi) is 7.78. The molecule has 0 aromatic rings. The zero-order chi connectivity index (χ0) is 12.3.